The smallest absolute Gasteiger partial charge is 0.306 e. The van der Waals surface area contributed by atoms with Crippen molar-refractivity contribution >= 4 is 34.4 Å². The number of para-hydroxylation sites is 1. The number of hydrogen-bond acceptors (Lipinski definition) is 6. The summed E-state index contributed by atoms with van der Waals surface area (Å²) in [4.78, 5) is 41.6. The fraction of sp³-hybridized carbons (Fsp3) is 0.483. The fourth-order valence-electron chi connectivity index (χ4n) is 5.21. The van der Waals surface area contributed by atoms with Crippen LogP contribution in [0.25, 0.3) is 10.9 Å². The van der Waals surface area contributed by atoms with Crippen molar-refractivity contribution in [3.05, 3.63) is 53.0 Å². The first-order valence-corrected chi connectivity index (χ1v) is 13.2. The van der Waals surface area contributed by atoms with E-state index in [4.69, 9.17) is 15.6 Å². The molecular formula is C29H37N5O4. The lowest BCUT2D eigenvalue weighted by atomic mass is 9.80. The summed E-state index contributed by atoms with van der Waals surface area (Å²) in [7, 11) is 0. The van der Waals surface area contributed by atoms with Crippen LogP contribution in [0.4, 0.5) is 5.69 Å². The van der Waals surface area contributed by atoms with Gasteiger partial charge in [-0.25, -0.2) is 4.98 Å². The van der Waals surface area contributed by atoms with Gasteiger partial charge < -0.3 is 15.8 Å². The van der Waals surface area contributed by atoms with Crippen LogP contribution in [0.1, 0.15) is 85.1 Å². The van der Waals surface area contributed by atoms with E-state index in [1.807, 2.05) is 45.4 Å². The van der Waals surface area contributed by atoms with Crippen molar-refractivity contribution < 1.29 is 19.1 Å². The molecule has 2 heterocycles. The number of amides is 2. The molecule has 1 aliphatic rings. The molecule has 0 atom stereocenters. The summed E-state index contributed by atoms with van der Waals surface area (Å²) >= 11 is 0. The van der Waals surface area contributed by atoms with E-state index in [2.05, 4.69) is 10.3 Å². The van der Waals surface area contributed by atoms with Gasteiger partial charge in [-0.05, 0) is 84.3 Å². The van der Waals surface area contributed by atoms with Gasteiger partial charge in [0.15, 0.2) is 0 Å². The molecular weight excluding hydrogens is 482 g/mol. The Bertz CT molecular complexity index is 1360. The zero-order valence-corrected chi connectivity index (χ0v) is 22.8. The first-order valence-electron chi connectivity index (χ1n) is 13.2. The summed E-state index contributed by atoms with van der Waals surface area (Å²) in [6.07, 6.45) is 4.49. The van der Waals surface area contributed by atoms with Gasteiger partial charge >= 0.3 is 5.97 Å². The number of carbonyl (C=O) groups is 3. The Balaban J connectivity index is 1.43. The highest BCUT2D eigenvalue weighted by atomic mass is 16.6. The summed E-state index contributed by atoms with van der Waals surface area (Å²) in [5, 5.41) is 8.35. The van der Waals surface area contributed by atoms with Gasteiger partial charge in [0.05, 0.1) is 28.2 Å². The number of nitrogens with two attached hydrogens (primary N) is 1. The lowest BCUT2D eigenvalue weighted by Gasteiger charge is -2.29. The summed E-state index contributed by atoms with van der Waals surface area (Å²) in [6.45, 7) is 10.3. The quantitative estimate of drug-likeness (QED) is 0.426. The Hall–Kier alpha value is -3.75. The highest BCUT2D eigenvalue weighted by molar-refractivity contribution is 6.14. The maximum absolute atomic E-state index is 13.4. The van der Waals surface area contributed by atoms with E-state index in [-0.39, 0.29) is 17.6 Å². The van der Waals surface area contributed by atoms with Gasteiger partial charge in [0.25, 0.3) is 11.8 Å². The van der Waals surface area contributed by atoms with Crippen LogP contribution >= 0.6 is 0 Å². The summed E-state index contributed by atoms with van der Waals surface area (Å²) < 4.78 is 7.45. The number of aryl methyl sites for hydroxylation is 1. The van der Waals surface area contributed by atoms with Crippen molar-refractivity contribution in [2.45, 2.75) is 78.9 Å². The van der Waals surface area contributed by atoms with Crippen LogP contribution in [-0.2, 0) is 16.1 Å². The number of pyridine rings is 1. The molecule has 38 heavy (non-hydrogen) atoms. The van der Waals surface area contributed by atoms with E-state index >= 15 is 0 Å². The molecule has 0 spiro atoms. The van der Waals surface area contributed by atoms with Gasteiger partial charge in [0.2, 0.25) is 0 Å². The van der Waals surface area contributed by atoms with Gasteiger partial charge in [-0.1, -0.05) is 18.2 Å². The third-order valence-corrected chi connectivity index (χ3v) is 7.11. The Morgan fingerprint density at radius 2 is 1.74 bits per heavy atom. The molecule has 1 saturated carbocycles. The minimum Gasteiger partial charge on any atom is -0.460 e. The van der Waals surface area contributed by atoms with E-state index in [0.29, 0.717) is 40.4 Å². The van der Waals surface area contributed by atoms with E-state index in [1.165, 1.54) is 6.07 Å². The standard InChI is InChI=1S/C29H37N5O4/c1-17-26(32-28(37)22-15-24(27(30)36)31-23-9-7-6-8-21(22)23)18(2)34(33-17)16-20-12-10-19(11-13-20)14-25(35)38-29(3,4)5/h6-9,15,19-20H,10-14,16H2,1-5H3,(H2,30,36)(H,32,37). The highest BCUT2D eigenvalue weighted by Gasteiger charge is 2.27. The van der Waals surface area contributed by atoms with E-state index in [1.54, 1.807) is 18.2 Å². The van der Waals surface area contributed by atoms with E-state index < -0.39 is 11.5 Å². The summed E-state index contributed by atoms with van der Waals surface area (Å²) in [5.74, 6) is -0.347. The maximum atomic E-state index is 13.4. The molecule has 0 unspecified atom stereocenters. The number of esters is 1. The average Bonchev–Trinajstić information content (AvgIpc) is 3.10. The fourth-order valence-corrected chi connectivity index (χ4v) is 5.21. The third-order valence-electron chi connectivity index (χ3n) is 7.11. The minimum absolute atomic E-state index is 0.0419. The van der Waals surface area contributed by atoms with Crippen LogP contribution in [-0.4, -0.2) is 38.1 Å². The molecule has 1 aliphatic carbocycles. The van der Waals surface area contributed by atoms with E-state index in [0.717, 1.165) is 43.6 Å². The topological polar surface area (TPSA) is 129 Å². The Morgan fingerprint density at radius 1 is 1.08 bits per heavy atom. The van der Waals surface area contributed by atoms with Gasteiger partial charge in [0.1, 0.15) is 11.3 Å². The van der Waals surface area contributed by atoms with Crippen LogP contribution in [0.2, 0.25) is 0 Å². The predicted molar refractivity (Wildman–Crippen MR) is 146 cm³/mol. The van der Waals surface area contributed by atoms with Crippen LogP contribution in [0.15, 0.2) is 30.3 Å². The molecule has 1 fully saturated rings. The SMILES string of the molecule is Cc1nn(CC2CCC(CC(=O)OC(C)(C)C)CC2)c(C)c1NC(=O)c1cc(C(N)=O)nc2ccccc12. The first kappa shape index (κ1) is 27.3. The summed E-state index contributed by atoms with van der Waals surface area (Å²) in [6, 6.07) is 8.59. The molecule has 1 aromatic carbocycles. The molecule has 2 amide bonds. The number of rotatable bonds is 7. The summed E-state index contributed by atoms with van der Waals surface area (Å²) in [5.41, 5.74) is 8.17. The zero-order chi connectivity index (χ0) is 27.6. The van der Waals surface area contributed by atoms with Gasteiger partial charge in [-0.3, -0.25) is 19.1 Å². The average molecular weight is 520 g/mol. The number of carbonyl (C=O) groups excluding carboxylic acids is 3. The molecule has 9 heteroatoms. The third kappa shape index (κ3) is 6.38. The Labute approximate surface area is 223 Å². The first-order chi connectivity index (χ1) is 17.9. The number of benzene rings is 1. The molecule has 3 N–H and O–H groups in total. The van der Waals surface area contributed by atoms with E-state index in [9.17, 15) is 14.4 Å². The largest absolute Gasteiger partial charge is 0.460 e. The number of primary amides is 1. The number of ether oxygens (including phenoxy) is 1. The number of anilines is 1. The van der Waals surface area contributed by atoms with Crippen molar-refractivity contribution in [1.29, 1.82) is 0 Å². The molecule has 3 aromatic rings. The van der Waals surface area contributed by atoms with Crippen LogP contribution in [0, 0.1) is 25.7 Å². The van der Waals surface area contributed by atoms with Gasteiger partial charge in [-0.2, -0.15) is 5.10 Å². The van der Waals surface area contributed by atoms with Crippen LogP contribution < -0.4 is 11.1 Å². The number of nitrogens with zero attached hydrogens (tertiary/aromatic N) is 3. The molecule has 9 nitrogen and oxygen atoms in total. The molecule has 0 bridgehead atoms. The predicted octanol–water partition coefficient (Wildman–Crippen LogP) is 4.94. The molecule has 0 saturated heterocycles. The molecule has 202 valence electrons. The second-order valence-corrected chi connectivity index (χ2v) is 11.3. The lowest BCUT2D eigenvalue weighted by molar-refractivity contribution is -0.156. The maximum Gasteiger partial charge on any atom is 0.306 e. The Kier molecular flexibility index (Phi) is 7.85. The zero-order valence-electron chi connectivity index (χ0n) is 22.8. The van der Waals surface area contributed by atoms with Crippen molar-refractivity contribution in [2.24, 2.45) is 17.6 Å². The number of aromatic nitrogens is 3. The van der Waals surface area contributed by atoms with Crippen LogP contribution in [0.3, 0.4) is 0 Å². The van der Waals surface area contributed by atoms with Gasteiger partial charge in [-0.15, -0.1) is 0 Å². The molecule has 4 rings (SSSR count). The second kappa shape index (κ2) is 10.9. The highest BCUT2D eigenvalue weighted by Crippen LogP contribution is 2.33. The van der Waals surface area contributed by atoms with Crippen molar-refractivity contribution in [3.8, 4) is 0 Å². The number of hydrogen-bond donors (Lipinski definition) is 2. The number of fused-ring (bicyclic) bond motifs is 1. The Morgan fingerprint density at radius 3 is 2.39 bits per heavy atom. The second-order valence-electron chi connectivity index (χ2n) is 11.3. The monoisotopic (exact) mass is 519 g/mol. The lowest BCUT2D eigenvalue weighted by Crippen LogP contribution is -2.27. The van der Waals surface area contributed by atoms with Gasteiger partial charge in [0, 0.05) is 18.4 Å². The van der Waals surface area contributed by atoms with Crippen molar-refractivity contribution in [3.63, 3.8) is 0 Å². The minimum atomic E-state index is -0.689. The molecule has 0 aliphatic heterocycles. The van der Waals surface area contributed by atoms with Crippen molar-refractivity contribution in [1.82, 2.24) is 14.8 Å². The van der Waals surface area contributed by atoms with Crippen molar-refractivity contribution in [2.75, 3.05) is 5.32 Å². The normalized spacial score (nSPS) is 17.8. The molecule has 0 radical (unpaired) electrons. The molecule has 2 aromatic heterocycles. The number of nitrogens with one attached hydrogen (secondary N) is 1. The van der Waals surface area contributed by atoms with Crippen LogP contribution in [0.5, 0.6) is 0 Å².